The van der Waals surface area contributed by atoms with Crippen LogP contribution in [-0.2, 0) is 22.4 Å². The molecule has 0 atom stereocenters. The predicted octanol–water partition coefficient (Wildman–Crippen LogP) is 3.83. The van der Waals surface area contributed by atoms with E-state index in [9.17, 15) is 9.59 Å². The molecule has 29 heavy (non-hydrogen) atoms. The van der Waals surface area contributed by atoms with Gasteiger partial charge in [0.2, 0.25) is 11.8 Å². The van der Waals surface area contributed by atoms with Gasteiger partial charge in [0, 0.05) is 41.5 Å². The van der Waals surface area contributed by atoms with E-state index in [0.29, 0.717) is 18.1 Å². The predicted molar refractivity (Wildman–Crippen MR) is 116 cm³/mol. The third-order valence-corrected chi connectivity index (χ3v) is 7.05. The number of hydrogen-bond acceptors (Lipinski definition) is 6. The number of carbonyl (C=O) groups excluding carboxylic acids is 2. The Morgan fingerprint density at radius 1 is 1.14 bits per heavy atom. The van der Waals surface area contributed by atoms with E-state index in [2.05, 4.69) is 21.4 Å². The Kier molecular flexibility index (Phi) is 4.67. The Morgan fingerprint density at radius 3 is 2.79 bits per heavy atom. The van der Waals surface area contributed by atoms with Crippen LogP contribution in [0.15, 0.2) is 29.0 Å². The van der Waals surface area contributed by atoms with Crippen LogP contribution < -0.4 is 9.80 Å². The van der Waals surface area contributed by atoms with Gasteiger partial charge in [-0.3, -0.25) is 14.5 Å². The summed E-state index contributed by atoms with van der Waals surface area (Å²) < 4.78 is 0. The van der Waals surface area contributed by atoms with Gasteiger partial charge in [-0.05, 0) is 37.5 Å². The van der Waals surface area contributed by atoms with Crippen molar-refractivity contribution in [2.24, 2.45) is 0 Å². The molecule has 0 spiro atoms. The number of anilines is 2. The van der Waals surface area contributed by atoms with E-state index in [-0.39, 0.29) is 18.2 Å². The van der Waals surface area contributed by atoms with Crippen LogP contribution in [0.5, 0.6) is 0 Å². The lowest BCUT2D eigenvalue weighted by atomic mass is 10.1. The van der Waals surface area contributed by atoms with Crippen LogP contribution in [0.25, 0.3) is 11.3 Å². The van der Waals surface area contributed by atoms with Crippen LogP contribution in [0.1, 0.15) is 29.1 Å². The lowest BCUT2D eigenvalue weighted by molar-refractivity contribution is -0.118. The van der Waals surface area contributed by atoms with Gasteiger partial charge in [-0.2, -0.15) is 0 Å². The lowest BCUT2D eigenvalue weighted by Crippen LogP contribution is -2.30. The van der Waals surface area contributed by atoms with Crippen molar-refractivity contribution in [1.29, 1.82) is 0 Å². The SMILES string of the molecule is Cc1nc(-c2ccc3c(c2)CCN3C(=O)Cc2csc(N3CCCC3=O)n2)cs1. The van der Waals surface area contributed by atoms with Crippen LogP contribution in [0.2, 0.25) is 0 Å². The first kappa shape index (κ1) is 18.4. The Labute approximate surface area is 176 Å². The van der Waals surface area contributed by atoms with Crippen molar-refractivity contribution in [3.8, 4) is 11.3 Å². The number of thiazole rings is 2. The Balaban J connectivity index is 1.31. The normalized spacial score (nSPS) is 16.0. The number of rotatable bonds is 4. The van der Waals surface area contributed by atoms with Crippen LogP contribution in [0.3, 0.4) is 0 Å². The summed E-state index contributed by atoms with van der Waals surface area (Å²) in [6.45, 7) is 3.42. The molecule has 5 rings (SSSR count). The summed E-state index contributed by atoms with van der Waals surface area (Å²) in [5.41, 5.74) is 4.99. The zero-order valence-electron chi connectivity index (χ0n) is 16.1. The fourth-order valence-corrected chi connectivity index (χ4v) is 5.41. The average Bonchev–Trinajstić information content (AvgIpc) is 3.47. The van der Waals surface area contributed by atoms with Gasteiger partial charge >= 0.3 is 0 Å². The number of carbonyl (C=O) groups is 2. The van der Waals surface area contributed by atoms with Gasteiger partial charge < -0.3 is 4.90 Å². The molecule has 8 heteroatoms. The van der Waals surface area contributed by atoms with E-state index >= 15 is 0 Å². The summed E-state index contributed by atoms with van der Waals surface area (Å²) >= 11 is 3.08. The summed E-state index contributed by atoms with van der Waals surface area (Å²) in [6, 6.07) is 6.22. The highest BCUT2D eigenvalue weighted by molar-refractivity contribution is 7.14. The molecule has 3 aromatic rings. The molecule has 0 radical (unpaired) electrons. The minimum absolute atomic E-state index is 0.0469. The second-order valence-corrected chi connectivity index (χ2v) is 9.24. The molecule has 4 heterocycles. The summed E-state index contributed by atoms with van der Waals surface area (Å²) in [7, 11) is 0. The van der Waals surface area contributed by atoms with Gasteiger partial charge in [0.15, 0.2) is 5.13 Å². The molecule has 2 aliphatic rings. The lowest BCUT2D eigenvalue weighted by Gasteiger charge is -2.17. The number of nitrogens with zero attached hydrogens (tertiary/aromatic N) is 4. The molecule has 0 aliphatic carbocycles. The molecule has 0 N–H and O–H groups in total. The van der Waals surface area contributed by atoms with E-state index in [1.807, 2.05) is 29.3 Å². The molecule has 1 saturated heterocycles. The Bertz CT molecular complexity index is 1100. The van der Waals surface area contributed by atoms with E-state index in [4.69, 9.17) is 0 Å². The molecule has 0 saturated carbocycles. The molecule has 148 valence electrons. The molecular weight excluding hydrogens is 404 g/mol. The first-order valence-corrected chi connectivity index (χ1v) is 11.4. The first-order chi connectivity index (χ1) is 14.1. The highest BCUT2D eigenvalue weighted by Gasteiger charge is 2.27. The summed E-state index contributed by atoms with van der Waals surface area (Å²) in [4.78, 5) is 37.5. The molecule has 1 fully saturated rings. The maximum Gasteiger partial charge on any atom is 0.233 e. The standard InChI is InChI=1S/C21H20N4O2S2/c1-13-22-17(12-28-13)14-4-5-18-15(9-14)6-8-24(18)20(27)10-16-11-29-21(23-16)25-7-2-3-19(25)26/h4-5,9,11-12H,2-3,6-8,10H2,1H3. The summed E-state index contributed by atoms with van der Waals surface area (Å²) in [5.74, 6) is 0.169. The Morgan fingerprint density at radius 2 is 2.03 bits per heavy atom. The monoisotopic (exact) mass is 424 g/mol. The van der Waals surface area contributed by atoms with E-state index in [1.54, 1.807) is 16.2 Å². The molecule has 2 aromatic heterocycles. The van der Waals surface area contributed by atoms with Gasteiger partial charge in [-0.25, -0.2) is 9.97 Å². The van der Waals surface area contributed by atoms with Gasteiger partial charge in [0.25, 0.3) is 0 Å². The summed E-state index contributed by atoms with van der Waals surface area (Å²) in [5, 5.41) is 5.72. The van der Waals surface area contributed by atoms with Crippen molar-refractivity contribution in [1.82, 2.24) is 9.97 Å². The van der Waals surface area contributed by atoms with Crippen LogP contribution in [-0.4, -0.2) is 34.9 Å². The summed E-state index contributed by atoms with van der Waals surface area (Å²) in [6.07, 6.45) is 2.56. The number of hydrogen-bond donors (Lipinski definition) is 0. The number of amides is 2. The zero-order valence-corrected chi connectivity index (χ0v) is 17.7. The van der Waals surface area contributed by atoms with Crippen LogP contribution >= 0.6 is 22.7 Å². The van der Waals surface area contributed by atoms with Crippen molar-refractivity contribution in [2.75, 3.05) is 22.9 Å². The minimum atomic E-state index is 0.0469. The molecule has 1 aromatic carbocycles. The topological polar surface area (TPSA) is 66.4 Å². The largest absolute Gasteiger partial charge is 0.311 e. The first-order valence-electron chi connectivity index (χ1n) is 9.69. The average molecular weight is 425 g/mol. The van der Waals surface area contributed by atoms with Crippen molar-refractivity contribution < 1.29 is 9.59 Å². The molecule has 0 unspecified atom stereocenters. The van der Waals surface area contributed by atoms with E-state index in [1.165, 1.54) is 16.9 Å². The molecular formula is C21H20N4O2S2. The van der Waals surface area contributed by atoms with Crippen LogP contribution in [0, 0.1) is 6.92 Å². The second kappa shape index (κ2) is 7.35. The third-order valence-electron chi connectivity index (χ3n) is 5.37. The molecule has 6 nitrogen and oxygen atoms in total. The van der Waals surface area contributed by atoms with E-state index in [0.717, 1.165) is 47.0 Å². The quantitative estimate of drug-likeness (QED) is 0.638. The van der Waals surface area contributed by atoms with Crippen molar-refractivity contribution in [2.45, 2.75) is 32.6 Å². The van der Waals surface area contributed by atoms with E-state index < -0.39 is 0 Å². The number of fused-ring (bicyclic) bond motifs is 1. The number of aryl methyl sites for hydroxylation is 1. The van der Waals surface area contributed by atoms with Gasteiger partial charge in [0.05, 0.1) is 22.8 Å². The third kappa shape index (κ3) is 3.47. The number of aromatic nitrogens is 2. The zero-order chi connectivity index (χ0) is 20.0. The minimum Gasteiger partial charge on any atom is -0.311 e. The maximum absolute atomic E-state index is 12.9. The number of benzene rings is 1. The fraction of sp³-hybridized carbons (Fsp3) is 0.333. The fourth-order valence-electron chi connectivity index (χ4n) is 3.92. The van der Waals surface area contributed by atoms with Crippen molar-refractivity contribution in [3.63, 3.8) is 0 Å². The maximum atomic E-state index is 12.9. The molecule has 2 amide bonds. The van der Waals surface area contributed by atoms with Crippen molar-refractivity contribution in [3.05, 3.63) is 45.2 Å². The van der Waals surface area contributed by atoms with Gasteiger partial charge in [-0.15, -0.1) is 22.7 Å². The van der Waals surface area contributed by atoms with Crippen molar-refractivity contribution >= 4 is 45.3 Å². The highest BCUT2D eigenvalue weighted by Crippen LogP contribution is 2.33. The second-order valence-electron chi connectivity index (χ2n) is 7.34. The molecule has 0 bridgehead atoms. The Hall–Kier alpha value is -2.58. The highest BCUT2D eigenvalue weighted by atomic mass is 32.1. The smallest absolute Gasteiger partial charge is 0.233 e. The molecule has 2 aliphatic heterocycles. The van der Waals surface area contributed by atoms with Gasteiger partial charge in [0.1, 0.15) is 0 Å². The van der Waals surface area contributed by atoms with Gasteiger partial charge in [-0.1, -0.05) is 6.07 Å². The van der Waals surface area contributed by atoms with Crippen LogP contribution in [0.4, 0.5) is 10.8 Å².